The molecule has 1 aliphatic carbocycles. The van der Waals surface area contributed by atoms with Crippen LogP contribution in [0.3, 0.4) is 0 Å². The maximum Gasteiger partial charge on any atom is 0.246 e. The second-order valence-electron chi connectivity index (χ2n) is 6.69. The summed E-state index contributed by atoms with van der Waals surface area (Å²) in [6.45, 7) is 8.76. The highest BCUT2D eigenvalue weighted by Gasteiger charge is 2.30. The summed E-state index contributed by atoms with van der Waals surface area (Å²) in [4.78, 5) is 4.61. The Hall–Kier alpha value is -0.900. The molecule has 19 heavy (non-hydrogen) atoms. The minimum atomic E-state index is -0.250. The standard InChI is InChI=1S/C15H27N3O/c1-10(2)11-6-8-12(9-7-11)13-17-14(19-18-13)15(3,4)16-5/h10-12,16H,6-9H2,1-5H3. The van der Waals surface area contributed by atoms with Gasteiger partial charge in [-0.1, -0.05) is 19.0 Å². The lowest BCUT2D eigenvalue weighted by molar-refractivity contribution is 0.249. The molecule has 0 saturated heterocycles. The molecular formula is C15H27N3O. The molecule has 1 aromatic rings. The fourth-order valence-electron chi connectivity index (χ4n) is 2.81. The van der Waals surface area contributed by atoms with E-state index in [0.717, 1.165) is 17.7 Å². The monoisotopic (exact) mass is 265 g/mol. The molecule has 0 spiro atoms. The molecule has 0 atom stereocenters. The maximum absolute atomic E-state index is 5.42. The van der Waals surface area contributed by atoms with Crippen molar-refractivity contribution in [1.82, 2.24) is 15.5 Å². The molecule has 1 heterocycles. The molecule has 2 rings (SSSR count). The van der Waals surface area contributed by atoms with Gasteiger partial charge in [0.25, 0.3) is 0 Å². The van der Waals surface area contributed by atoms with Gasteiger partial charge < -0.3 is 9.84 Å². The lowest BCUT2D eigenvalue weighted by Gasteiger charge is -2.29. The minimum absolute atomic E-state index is 0.250. The summed E-state index contributed by atoms with van der Waals surface area (Å²) < 4.78 is 5.42. The van der Waals surface area contributed by atoms with E-state index in [1.54, 1.807) is 0 Å². The van der Waals surface area contributed by atoms with Gasteiger partial charge in [0.2, 0.25) is 5.89 Å². The Bertz CT molecular complexity index is 403. The highest BCUT2D eigenvalue weighted by molar-refractivity contribution is 5.03. The normalized spacial score (nSPS) is 24.9. The van der Waals surface area contributed by atoms with Crippen LogP contribution in [0.2, 0.25) is 0 Å². The molecule has 0 radical (unpaired) electrons. The number of hydrogen-bond donors (Lipinski definition) is 1. The van der Waals surface area contributed by atoms with Crippen molar-refractivity contribution in [3.63, 3.8) is 0 Å². The first-order valence-electron chi connectivity index (χ1n) is 7.47. The van der Waals surface area contributed by atoms with Gasteiger partial charge in [0.05, 0.1) is 5.54 Å². The predicted octanol–water partition coefficient (Wildman–Crippen LogP) is 3.45. The smallest absolute Gasteiger partial charge is 0.246 e. The van der Waals surface area contributed by atoms with E-state index >= 15 is 0 Å². The van der Waals surface area contributed by atoms with E-state index in [2.05, 4.69) is 43.2 Å². The fourth-order valence-corrected chi connectivity index (χ4v) is 2.81. The summed E-state index contributed by atoms with van der Waals surface area (Å²) in [7, 11) is 1.91. The summed E-state index contributed by atoms with van der Waals surface area (Å²) in [5, 5.41) is 7.40. The molecule has 4 nitrogen and oxygen atoms in total. The second-order valence-corrected chi connectivity index (χ2v) is 6.69. The summed E-state index contributed by atoms with van der Waals surface area (Å²) >= 11 is 0. The first kappa shape index (κ1) is 14.5. The first-order valence-corrected chi connectivity index (χ1v) is 7.47. The van der Waals surface area contributed by atoms with Crippen LogP contribution in [0.4, 0.5) is 0 Å². The zero-order valence-electron chi connectivity index (χ0n) is 12.9. The van der Waals surface area contributed by atoms with E-state index < -0.39 is 0 Å². The number of hydrogen-bond acceptors (Lipinski definition) is 4. The van der Waals surface area contributed by atoms with Crippen LogP contribution in [0, 0.1) is 11.8 Å². The third-order valence-corrected chi connectivity index (χ3v) is 4.68. The van der Waals surface area contributed by atoms with E-state index in [4.69, 9.17) is 4.52 Å². The van der Waals surface area contributed by atoms with Crippen LogP contribution in [-0.4, -0.2) is 17.2 Å². The van der Waals surface area contributed by atoms with Gasteiger partial charge in [0, 0.05) is 5.92 Å². The molecule has 0 aliphatic heterocycles. The highest BCUT2D eigenvalue weighted by atomic mass is 16.5. The zero-order chi connectivity index (χ0) is 14.0. The fraction of sp³-hybridized carbons (Fsp3) is 0.867. The molecule has 0 bridgehead atoms. The maximum atomic E-state index is 5.42. The lowest BCUT2D eigenvalue weighted by Crippen LogP contribution is -2.33. The highest BCUT2D eigenvalue weighted by Crippen LogP contribution is 2.37. The van der Waals surface area contributed by atoms with Crippen LogP contribution in [0.1, 0.15) is 71.0 Å². The van der Waals surface area contributed by atoms with E-state index in [9.17, 15) is 0 Å². The number of nitrogens with zero attached hydrogens (tertiary/aromatic N) is 2. The molecule has 108 valence electrons. The SMILES string of the molecule is CNC(C)(C)c1nc(C2CCC(C(C)C)CC2)no1. The van der Waals surface area contributed by atoms with Crippen molar-refractivity contribution in [1.29, 1.82) is 0 Å². The van der Waals surface area contributed by atoms with Crippen LogP contribution in [0.15, 0.2) is 4.52 Å². The minimum Gasteiger partial charge on any atom is -0.337 e. The summed E-state index contributed by atoms with van der Waals surface area (Å²) in [6, 6.07) is 0. The molecule has 1 aliphatic rings. The molecule has 1 N–H and O–H groups in total. The second kappa shape index (κ2) is 5.61. The summed E-state index contributed by atoms with van der Waals surface area (Å²) in [6.07, 6.45) is 4.98. The van der Waals surface area contributed by atoms with Crippen molar-refractivity contribution in [3.8, 4) is 0 Å². The Kier molecular flexibility index (Phi) is 4.29. The van der Waals surface area contributed by atoms with Crippen molar-refractivity contribution < 1.29 is 4.52 Å². The predicted molar refractivity (Wildman–Crippen MR) is 75.9 cm³/mol. The Labute approximate surface area is 116 Å². The van der Waals surface area contributed by atoms with Crippen molar-refractivity contribution in [2.24, 2.45) is 11.8 Å². The van der Waals surface area contributed by atoms with Crippen molar-refractivity contribution >= 4 is 0 Å². The average molecular weight is 265 g/mol. The first-order chi connectivity index (χ1) is 8.94. The van der Waals surface area contributed by atoms with Gasteiger partial charge in [-0.15, -0.1) is 0 Å². The van der Waals surface area contributed by atoms with Crippen LogP contribution < -0.4 is 5.32 Å². The van der Waals surface area contributed by atoms with Gasteiger partial charge in [-0.2, -0.15) is 4.98 Å². The Morgan fingerprint density at radius 1 is 1.21 bits per heavy atom. The summed E-state index contributed by atoms with van der Waals surface area (Å²) in [5.41, 5.74) is -0.250. The zero-order valence-corrected chi connectivity index (χ0v) is 12.9. The molecule has 4 heteroatoms. The molecule has 1 saturated carbocycles. The van der Waals surface area contributed by atoms with Gasteiger partial charge in [-0.3, -0.25) is 0 Å². The quantitative estimate of drug-likeness (QED) is 0.906. The summed E-state index contributed by atoms with van der Waals surface area (Å²) in [5.74, 6) is 3.75. The van der Waals surface area contributed by atoms with E-state index in [1.807, 2.05) is 7.05 Å². The van der Waals surface area contributed by atoms with E-state index in [0.29, 0.717) is 11.8 Å². The third kappa shape index (κ3) is 3.16. The van der Waals surface area contributed by atoms with Gasteiger partial charge in [-0.05, 0) is 58.4 Å². The topological polar surface area (TPSA) is 51.0 Å². The van der Waals surface area contributed by atoms with Crippen LogP contribution in [0.5, 0.6) is 0 Å². The van der Waals surface area contributed by atoms with Gasteiger partial charge in [0.15, 0.2) is 5.82 Å². The Morgan fingerprint density at radius 3 is 2.37 bits per heavy atom. The van der Waals surface area contributed by atoms with Gasteiger partial charge >= 0.3 is 0 Å². The van der Waals surface area contributed by atoms with Crippen LogP contribution in [0.25, 0.3) is 0 Å². The van der Waals surface area contributed by atoms with E-state index in [-0.39, 0.29) is 5.54 Å². The number of nitrogens with one attached hydrogen (secondary N) is 1. The van der Waals surface area contributed by atoms with Gasteiger partial charge in [0.1, 0.15) is 0 Å². The third-order valence-electron chi connectivity index (χ3n) is 4.68. The average Bonchev–Trinajstić information content (AvgIpc) is 2.89. The van der Waals surface area contributed by atoms with E-state index in [1.165, 1.54) is 25.7 Å². The van der Waals surface area contributed by atoms with Crippen molar-refractivity contribution in [3.05, 3.63) is 11.7 Å². The Morgan fingerprint density at radius 2 is 1.84 bits per heavy atom. The molecular weight excluding hydrogens is 238 g/mol. The lowest BCUT2D eigenvalue weighted by atomic mass is 9.77. The molecule has 0 amide bonds. The van der Waals surface area contributed by atoms with Crippen LogP contribution in [-0.2, 0) is 5.54 Å². The molecule has 0 aromatic carbocycles. The Balaban J connectivity index is 2.01. The molecule has 0 unspecified atom stereocenters. The van der Waals surface area contributed by atoms with Crippen molar-refractivity contribution in [2.75, 3.05) is 7.05 Å². The number of aromatic nitrogens is 2. The molecule has 1 aromatic heterocycles. The number of rotatable bonds is 4. The molecule has 1 fully saturated rings. The van der Waals surface area contributed by atoms with Crippen molar-refractivity contribution in [2.45, 2.75) is 64.8 Å². The largest absolute Gasteiger partial charge is 0.337 e. The van der Waals surface area contributed by atoms with Crippen LogP contribution >= 0.6 is 0 Å². The van der Waals surface area contributed by atoms with Gasteiger partial charge in [-0.25, -0.2) is 0 Å².